The lowest BCUT2D eigenvalue weighted by Gasteiger charge is -2.23. The maximum absolute atomic E-state index is 11.5. The molecule has 0 unspecified atom stereocenters. The molecule has 0 fully saturated rings. The summed E-state index contributed by atoms with van der Waals surface area (Å²) in [6, 6.07) is -1.77. The molecule has 0 aliphatic rings. The van der Waals surface area contributed by atoms with E-state index in [1.54, 1.807) is 7.05 Å². The molecule has 0 saturated heterocycles. The van der Waals surface area contributed by atoms with Crippen LogP contribution in [0.1, 0.15) is 20.8 Å². The summed E-state index contributed by atoms with van der Waals surface area (Å²) in [5.41, 5.74) is 0. The third kappa shape index (κ3) is 4.97. The summed E-state index contributed by atoms with van der Waals surface area (Å²) in [4.78, 5) is 23.7. The molecule has 94 valence electrons. The molecule has 0 heterocycles. The van der Waals surface area contributed by atoms with Crippen molar-refractivity contribution >= 4 is 12.0 Å². The molecule has 0 bridgehead atoms. The summed E-state index contributed by atoms with van der Waals surface area (Å²) in [5.74, 6) is -0.952. The molecule has 0 aromatic carbocycles. The van der Waals surface area contributed by atoms with Crippen molar-refractivity contribution in [3.05, 3.63) is 0 Å². The molecule has 0 aliphatic heterocycles. The maximum atomic E-state index is 11.5. The summed E-state index contributed by atoms with van der Waals surface area (Å²) in [6.07, 6.45) is -1.13. The Morgan fingerprint density at radius 2 is 1.81 bits per heavy atom. The summed E-state index contributed by atoms with van der Waals surface area (Å²) in [6.45, 7) is 5.75. The third-order valence-electron chi connectivity index (χ3n) is 2.01. The molecule has 0 aliphatic carbocycles. The van der Waals surface area contributed by atoms with Crippen LogP contribution in [0.4, 0.5) is 4.79 Å². The van der Waals surface area contributed by atoms with Crippen molar-refractivity contribution in [1.82, 2.24) is 10.2 Å². The molecule has 0 rings (SSSR count). The van der Waals surface area contributed by atoms with Gasteiger partial charge in [0.1, 0.15) is 0 Å². The first kappa shape index (κ1) is 14.7. The SMILES string of the molecule is CC(C)CN(C)C(=O)N[C@H](C(=O)O)[C@@H](C)O. The first-order chi connectivity index (χ1) is 7.25. The van der Waals surface area contributed by atoms with Crippen LogP contribution in [-0.2, 0) is 4.79 Å². The Labute approximate surface area is 95.2 Å². The van der Waals surface area contributed by atoms with Gasteiger partial charge in [0.15, 0.2) is 6.04 Å². The highest BCUT2D eigenvalue weighted by molar-refractivity contribution is 5.82. The van der Waals surface area contributed by atoms with Crippen LogP contribution >= 0.6 is 0 Å². The molecule has 6 heteroatoms. The highest BCUT2D eigenvalue weighted by atomic mass is 16.4. The van der Waals surface area contributed by atoms with Gasteiger partial charge in [0.25, 0.3) is 0 Å². The van der Waals surface area contributed by atoms with E-state index in [-0.39, 0.29) is 0 Å². The standard InChI is InChI=1S/C10H20N2O4/c1-6(2)5-12(4)10(16)11-8(7(3)13)9(14)15/h6-8,13H,5H2,1-4H3,(H,11,16)(H,14,15)/t7-,8+/m1/s1. The lowest BCUT2D eigenvalue weighted by Crippen LogP contribution is -2.52. The second-order valence-electron chi connectivity index (χ2n) is 4.28. The number of carbonyl (C=O) groups is 2. The zero-order valence-corrected chi connectivity index (χ0v) is 10.1. The fourth-order valence-corrected chi connectivity index (χ4v) is 1.26. The number of nitrogens with zero attached hydrogens (tertiary/aromatic N) is 1. The fourth-order valence-electron chi connectivity index (χ4n) is 1.26. The lowest BCUT2D eigenvalue weighted by molar-refractivity contribution is -0.141. The van der Waals surface area contributed by atoms with Crippen molar-refractivity contribution < 1.29 is 19.8 Å². The van der Waals surface area contributed by atoms with Crippen LogP contribution in [-0.4, -0.2) is 52.9 Å². The van der Waals surface area contributed by atoms with E-state index in [4.69, 9.17) is 5.11 Å². The number of hydrogen-bond donors (Lipinski definition) is 3. The Hall–Kier alpha value is -1.30. The molecule has 0 spiro atoms. The van der Waals surface area contributed by atoms with E-state index in [1.165, 1.54) is 11.8 Å². The van der Waals surface area contributed by atoms with Gasteiger partial charge < -0.3 is 20.4 Å². The molecule has 16 heavy (non-hydrogen) atoms. The normalized spacial score (nSPS) is 14.4. The van der Waals surface area contributed by atoms with Crippen LogP contribution < -0.4 is 5.32 Å². The number of amides is 2. The van der Waals surface area contributed by atoms with E-state index in [2.05, 4.69) is 5.32 Å². The van der Waals surface area contributed by atoms with E-state index < -0.39 is 24.1 Å². The number of carboxylic acids is 1. The van der Waals surface area contributed by atoms with E-state index in [0.717, 1.165) is 0 Å². The Balaban J connectivity index is 4.35. The number of carbonyl (C=O) groups excluding carboxylic acids is 1. The Kier molecular flexibility index (Phi) is 5.81. The summed E-state index contributed by atoms with van der Waals surface area (Å²) >= 11 is 0. The maximum Gasteiger partial charge on any atom is 0.328 e. The van der Waals surface area contributed by atoms with Gasteiger partial charge in [-0.1, -0.05) is 13.8 Å². The first-order valence-electron chi connectivity index (χ1n) is 5.18. The zero-order chi connectivity index (χ0) is 12.9. The van der Waals surface area contributed by atoms with Crippen LogP contribution in [0.25, 0.3) is 0 Å². The number of hydrogen-bond acceptors (Lipinski definition) is 3. The molecule has 2 atom stereocenters. The van der Waals surface area contributed by atoms with Gasteiger partial charge >= 0.3 is 12.0 Å². The minimum absolute atomic E-state index is 0.297. The van der Waals surface area contributed by atoms with Gasteiger partial charge in [-0.25, -0.2) is 9.59 Å². The lowest BCUT2D eigenvalue weighted by atomic mass is 10.2. The second-order valence-corrected chi connectivity index (χ2v) is 4.28. The van der Waals surface area contributed by atoms with Crippen LogP contribution in [0.15, 0.2) is 0 Å². The smallest absolute Gasteiger partial charge is 0.328 e. The number of aliphatic hydroxyl groups is 1. The Bertz CT molecular complexity index is 253. The predicted octanol–water partition coefficient (Wildman–Crippen LogP) is 0.118. The second kappa shape index (κ2) is 6.32. The number of rotatable bonds is 5. The summed E-state index contributed by atoms with van der Waals surface area (Å²) in [5, 5.41) is 20.2. The van der Waals surface area contributed by atoms with Crippen LogP contribution in [0.5, 0.6) is 0 Å². The topological polar surface area (TPSA) is 89.9 Å². The van der Waals surface area contributed by atoms with Gasteiger partial charge in [-0.05, 0) is 12.8 Å². The Morgan fingerprint density at radius 1 is 1.31 bits per heavy atom. The largest absolute Gasteiger partial charge is 0.480 e. The van der Waals surface area contributed by atoms with E-state index in [1.807, 2.05) is 13.8 Å². The van der Waals surface area contributed by atoms with Crippen molar-refractivity contribution in [3.8, 4) is 0 Å². The van der Waals surface area contributed by atoms with Crippen LogP contribution in [0.3, 0.4) is 0 Å². The summed E-state index contributed by atoms with van der Waals surface area (Å²) < 4.78 is 0. The first-order valence-corrected chi connectivity index (χ1v) is 5.18. The van der Waals surface area contributed by atoms with Gasteiger partial charge in [-0.2, -0.15) is 0 Å². The number of aliphatic hydroxyl groups excluding tert-OH is 1. The van der Waals surface area contributed by atoms with E-state index in [9.17, 15) is 14.7 Å². The molecule has 0 aromatic rings. The Morgan fingerprint density at radius 3 is 2.12 bits per heavy atom. The number of aliphatic carboxylic acids is 1. The van der Waals surface area contributed by atoms with Crippen molar-refractivity contribution in [3.63, 3.8) is 0 Å². The van der Waals surface area contributed by atoms with Crippen molar-refractivity contribution in [2.75, 3.05) is 13.6 Å². The monoisotopic (exact) mass is 232 g/mol. The van der Waals surface area contributed by atoms with Gasteiger partial charge in [-0.3, -0.25) is 0 Å². The van der Waals surface area contributed by atoms with Gasteiger partial charge in [0.05, 0.1) is 6.10 Å². The minimum Gasteiger partial charge on any atom is -0.480 e. The molecule has 6 nitrogen and oxygen atoms in total. The van der Waals surface area contributed by atoms with Crippen LogP contribution in [0.2, 0.25) is 0 Å². The van der Waals surface area contributed by atoms with E-state index >= 15 is 0 Å². The number of urea groups is 1. The molecular weight excluding hydrogens is 212 g/mol. The number of nitrogens with one attached hydrogen (secondary N) is 1. The van der Waals surface area contributed by atoms with Crippen molar-refractivity contribution in [1.29, 1.82) is 0 Å². The third-order valence-corrected chi connectivity index (χ3v) is 2.01. The predicted molar refractivity (Wildman–Crippen MR) is 59.1 cm³/mol. The molecule has 0 radical (unpaired) electrons. The highest BCUT2D eigenvalue weighted by Gasteiger charge is 2.26. The number of carboxylic acid groups (broad SMARTS) is 1. The van der Waals surface area contributed by atoms with Gasteiger partial charge in [0, 0.05) is 13.6 Å². The molecule has 0 aromatic heterocycles. The average molecular weight is 232 g/mol. The average Bonchev–Trinajstić information content (AvgIpc) is 2.11. The molecule has 3 N–H and O–H groups in total. The highest BCUT2D eigenvalue weighted by Crippen LogP contribution is 1.99. The van der Waals surface area contributed by atoms with Crippen molar-refractivity contribution in [2.24, 2.45) is 5.92 Å². The molecule has 2 amide bonds. The fraction of sp³-hybridized carbons (Fsp3) is 0.800. The minimum atomic E-state index is -1.28. The summed E-state index contributed by atoms with van der Waals surface area (Å²) in [7, 11) is 1.58. The molecule has 0 saturated carbocycles. The molecular formula is C10H20N2O4. The van der Waals surface area contributed by atoms with Crippen LogP contribution in [0, 0.1) is 5.92 Å². The van der Waals surface area contributed by atoms with Gasteiger partial charge in [-0.15, -0.1) is 0 Å². The van der Waals surface area contributed by atoms with Crippen molar-refractivity contribution in [2.45, 2.75) is 32.9 Å². The quantitative estimate of drug-likeness (QED) is 0.628. The zero-order valence-electron chi connectivity index (χ0n) is 10.1. The van der Waals surface area contributed by atoms with Gasteiger partial charge in [0.2, 0.25) is 0 Å². The van der Waals surface area contributed by atoms with E-state index in [0.29, 0.717) is 12.5 Å².